The van der Waals surface area contributed by atoms with E-state index in [1.165, 1.54) is 16.7 Å². The third-order valence-corrected chi connectivity index (χ3v) is 17.4. The minimum atomic E-state index is -3.78. The molecule has 1 aliphatic carbocycles. The SMILES string of the molecule is CC(C)=CCC/C(C)=C/CC/C(C)=C/C(C(C)/C(C)=C/CC/C(C)=C/CC/C(C)=C/CC(/C(C)=C/CC1=C(C)C(=O)c2ccccc2C1=O)S(=O)(=O)c1ccccc1)S(=O)(=O)c1ccccc1. The number of allylic oxidation sites excluding steroid dienone is 14. The van der Waals surface area contributed by atoms with Crippen molar-refractivity contribution in [2.45, 2.75) is 154 Å². The van der Waals surface area contributed by atoms with Gasteiger partial charge in [0.2, 0.25) is 0 Å². The number of rotatable bonds is 24. The Kier molecular flexibility index (Phi) is 21.0. The number of Topliss-reactive ketones (excluding diaryl/α,β-unsaturated/α-hetero) is 2. The molecule has 0 bridgehead atoms. The maximum atomic E-state index is 14.2. The lowest BCUT2D eigenvalue weighted by Gasteiger charge is -2.23. The van der Waals surface area contributed by atoms with Gasteiger partial charge in [-0.25, -0.2) is 16.8 Å². The number of hydrogen-bond acceptors (Lipinski definition) is 6. The van der Waals surface area contributed by atoms with E-state index in [1.54, 1.807) is 98.8 Å². The van der Waals surface area contributed by atoms with E-state index in [2.05, 4.69) is 52.0 Å². The van der Waals surface area contributed by atoms with Gasteiger partial charge in [-0.1, -0.05) is 149 Å². The van der Waals surface area contributed by atoms with Crippen LogP contribution in [-0.4, -0.2) is 38.9 Å². The molecule has 0 fully saturated rings. The van der Waals surface area contributed by atoms with E-state index in [0.717, 1.165) is 68.1 Å². The van der Waals surface area contributed by atoms with Gasteiger partial charge >= 0.3 is 0 Å². The Bertz CT molecular complexity index is 2680. The van der Waals surface area contributed by atoms with E-state index in [9.17, 15) is 26.4 Å². The lowest BCUT2D eigenvalue weighted by Crippen LogP contribution is -2.28. The molecule has 67 heavy (non-hydrogen) atoms. The van der Waals surface area contributed by atoms with E-state index >= 15 is 0 Å². The van der Waals surface area contributed by atoms with Gasteiger partial charge in [-0.15, -0.1) is 0 Å². The fraction of sp³-hybridized carbons (Fsp3) is 0.390. The van der Waals surface area contributed by atoms with Crippen molar-refractivity contribution in [2.24, 2.45) is 5.92 Å². The first-order chi connectivity index (χ1) is 31.7. The molecule has 358 valence electrons. The van der Waals surface area contributed by atoms with Crippen molar-refractivity contribution >= 4 is 31.2 Å². The van der Waals surface area contributed by atoms with Gasteiger partial charge in [0.1, 0.15) is 0 Å². The van der Waals surface area contributed by atoms with E-state index in [4.69, 9.17) is 0 Å². The molecular weight excluding hydrogens is 869 g/mol. The first kappa shape index (κ1) is 54.4. The maximum Gasteiger partial charge on any atom is 0.190 e. The molecule has 3 aromatic carbocycles. The van der Waals surface area contributed by atoms with Gasteiger partial charge in [0, 0.05) is 22.3 Å². The van der Waals surface area contributed by atoms with Gasteiger partial charge in [-0.05, 0) is 157 Å². The van der Waals surface area contributed by atoms with Crippen LogP contribution >= 0.6 is 0 Å². The van der Waals surface area contributed by atoms with Crippen LogP contribution in [0, 0.1) is 5.92 Å². The van der Waals surface area contributed by atoms with Crippen molar-refractivity contribution in [3.8, 4) is 0 Å². The minimum absolute atomic E-state index is 0.164. The number of carbonyl (C=O) groups is 2. The van der Waals surface area contributed by atoms with Crippen LogP contribution in [-0.2, 0) is 19.7 Å². The number of fused-ring (bicyclic) bond motifs is 1. The number of ketones is 2. The molecule has 4 rings (SSSR count). The van der Waals surface area contributed by atoms with E-state index in [-0.39, 0.29) is 35.2 Å². The highest BCUT2D eigenvalue weighted by Gasteiger charge is 2.33. The molecule has 0 saturated carbocycles. The molecule has 0 amide bonds. The molecule has 0 heterocycles. The monoisotopic (exact) mass is 942 g/mol. The third kappa shape index (κ3) is 15.7. The van der Waals surface area contributed by atoms with Crippen molar-refractivity contribution in [2.75, 3.05) is 0 Å². The van der Waals surface area contributed by atoms with E-state index in [0.29, 0.717) is 32.7 Å². The predicted molar refractivity (Wildman–Crippen MR) is 280 cm³/mol. The summed E-state index contributed by atoms with van der Waals surface area (Å²) in [4.78, 5) is 27.2. The summed E-state index contributed by atoms with van der Waals surface area (Å²) in [6.45, 7) is 20.1. The average molecular weight is 943 g/mol. The van der Waals surface area contributed by atoms with Gasteiger partial charge in [-0.3, -0.25) is 9.59 Å². The summed E-state index contributed by atoms with van der Waals surface area (Å²) in [6.07, 6.45) is 22.1. The molecule has 0 saturated heterocycles. The second kappa shape index (κ2) is 25.8. The van der Waals surface area contributed by atoms with Crippen LogP contribution in [0.4, 0.5) is 0 Å². The number of hydrogen-bond donors (Lipinski definition) is 0. The average Bonchev–Trinajstić information content (AvgIpc) is 3.30. The first-order valence-corrected chi connectivity index (χ1v) is 26.9. The zero-order valence-electron chi connectivity index (χ0n) is 41.7. The Morgan fingerprint density at radius 3 is 1.49 bits per heavy atom. The van der Waals surface area contributed by atoms with Gasteiger partial charge in [0.05, 0.1) is 20.3 Å². The fourth-order valence-electron chi connectivity index (χ4n) is 8.42. The molecule has 3 aromatic rings. The fourth-order valence-corrected chi connectivity index (χ4v) is 12.2. The summed E-state index contributed by atoms with van der Waals surface area (Å²) in [7, 11) is -7.42. The largest absolute Gasteiger partial charge is 0.289 e. The Morgan fingerprint density at radius 2 is 0.955 bits per heavy atom. The second-order valence-electron chi connectivity index (χ2n) is 18.7. The number of carbonyl (C=O) groups excluding carboxylic acids is 2. The van der Waals surface area contributed by atoms with Gasteiger partial charge in [-0.2, -0.15) is 0 Å². The van der Waals surface area contributed by atoms with Crippen molar-refractivity contribution in [1.29, 1.82) is 0 Å². The Morgan fingerprint density at radius 1 is 0.507 bits per heavy atom. The summed E-state index contributed by atoms with van der Waals surface area (Å²) in [5.74, 6) is -0.594. The Hall–Kier alpha value is -5.18. The molecule has 6 nitrogen and oxygen atoms in total. The number of sulfone groups is 2. The van der Waals surface area contributed by atoms with Gasteiger partial charge in [0.15, 0.2) is 31.2 Å². The molecule has 0 aliphatic heterocycles. The minimum Gasteiger partial charge on any atom is -0.289 e. The molecule has 1 aliphatic rings. The highest BCUT2D eigenvalue weighted by Crippen LogP contribution is 2.32. The molecular formula is C59H74O6S2. The quantitative estimate of drug-likeness (QED) is 0.0829. The summed E-state index contributed by atoms with van der Waals surface area (Å²) in [6, 6.07) is 24.1. The normalized spacial score (nSPS) is 16.2. The van der Waals surface area contributed by atoms with E-state index < -0.39 is 30.2 Å². The molecule has 0 radical (unpaired) electrons. The van der Waals surface area contributed by atoms with Crippen LogP contribution in [0.2, 0.25) is 0 Å². The molecule has 8 heteroatoms. The smallest absolute Gasteiger partial charge is 0.190 e. The summed E-state index contributed by atoms with van der Waals surface area (Å²) in [5.41, 5.74) is 9.33. The first-order valence-electron chi connectivity index (χ1n) is 23.8. The lowest BCUT2D eigenvalue weighted by atomic mass is 9.83. The van der Waals surface area contributed by atoms with Crippen LogP contribution < -0.4 is 0 Å². The van der Waals surface area contributed by atoms with Crippen molar-refractivity contribution in [3.63, 3.8) is 0 Å². The molecule has 0 N–H and O–H groups in total. The van der Waals surface area contributed by atoms with Crippen LogP contribution in [0.3, 0.4) is 0 Å². The Labute approximate surface area is 404 Å². The van der Waals surface area contributed by atoms with Crippen LogP contribution in [0.25, 0.3) is 0 Å². The Balaban J connectivity index is 1.42. The zero-order chi connectivity index (χ0) is 49.3. The highest BCUT2D eigenvalue weighted by molar-refractivity contribution is 7.92. The van der Waals surface area contributed by atoms with Crippen molar-refractivity contribution in [3.05, 3.63) is 189 Å². The molecule has 0 spiro atoms. The summed E-state index contributed by atoms with van der Waals surface area (Å²) < 4.78 is 56.5. The molecule has 3 atom stereocenters. The highest BCUT2D eigenvalue weighted by atomic mass is 32.2. The van der Waals surface area contributed by atoms with Crippen LogP contribution in [0.1, 0.15) is 154 Å². The van der Waals surface area contributed by atoms with Gasteiger partial charge in [0.25, 0.3) is 0 Å². The van der Waals surface area contributed by atoms with Gasteiger partial charge < -0.3 is 0 Å². The summed E-state index contributed by atoms with van der Waals surface area (Å²) in [5, 5.41) is -1.54. The summed E-state index contributed by atoms with van der Waals surface area (Å²) >= 11 is 0. The lowest BCUT2D eigenvalue weighted by molar-refractivity contribution is 0.0973. The van der Waals surface area contributed by atoms with Crippen LogP contribution in [0.5, 0.6) is 0 Å². The number of benzene rings is 3. The molecule has 0 aromatic heterocycles. The predicted octanol–water partition coefficient (Wildman–Crippen LogP) is 15.2. The zero-order valence-corrected chi connectivity index (χ0v) is 43.3. The third-order valence-electron chi connectivity index (χ3n) is 13.0. The maximum absolute atomic E-state index is 14.2. The topological polar surface area (TPSA) is 102 Å². The van der Waals surface area contributed by atoms with Crippen molar-refractivity contribution in [1.82, 2.24) is 0 Å². The second-order valence-corrected chi connectivity index (χ2v) is 22.9. The standard InChI is InChI=1S/C59H74O6S2/c1-42(2)23-19-24-43(3)26-21-29-46(6)41-57(67(64,65)52-33-15-12-16-34-52)49(9)47(7)30-22-28-44(4)25-20-27-45(5)37-40-56(66(62,63)51-31-13-11-14-32-51)48(8)38-39-53-50(10)58(60)54-35-17-18-36-55(54)59(53)61/h11-18,23,25-26,30-38,41,49,56-57H,19-22,24,27-29,39-40H2,1-10H3/b43-26+,44-25+,45-37+,46-41+,47-30+,48-38+. The van der Waals surface area contributed by atoms with Crippen LogP contribution in [0.15, 0.2) is 187 Å². The van der Waals surface area contributed by atoms with E-state index in [1.807, 2.05) is 45.9 Å². The van der Waals surface area contributed by atoms with Crippen molar-refractivity contribution < 1.29 is 26.4 Å². The molecule has 3 unspecified atom stereocenters.